The molecular formula is C9H20O3SSi. The summed E-state index contributed by atoms with van der Waals surface area (Å²) in [5, 5.41) is 0.601. The molecule has 0 aliphatic carbocycles. The van der Waals surface area contributed by atoms with E-state index in [0.717, 1.165) is 12.8 Å². The van der Waals surface area contributed by atoms with Gasteiger partial charge in [-0.1, -0.05) is 6.92 Å². The lowest BCUT2D eigenvalue weighted by Crippen LogP contribution is -2.44. The molecule has 0 spiro atoms. The second-order valence-corrected chi connectivity index (χ2v) is 5.91. The summed E-state index contributed by atoms with van der Waals surface area (Å²) in [6, 6.07) is 0. The molecule has 0 saturated heterocycles. The van der Waals surface area contributed by atoms with E-state index in [-0.39, 0.29) is 0 Å². The molecule has 84 valence electrons. The quantitative estimate of drug-likeness (QED) is 0.502. The van der Waals surface area contributed by atoms with Crippen LogP contribution in [0.15, 0.2) is 0 Å². The Balaban J connectivity index is 4.12. The fraction of sp³-hybridized carbons (Fsp3) is 0.889. The summed E-state index contributed by atoms with van der Waals surface area (Å²) in [4.78, 5) is 0. The fourth-order valence-electron chi connectivity index (χ4n) is 1.09. The van der Waals surface area contributed by atoms with Gasteiger partial charge in [0.15, 0.2) is 0 Å². The fourth-order valence-corrected chi connectivity index (χ4v) is 3.51. The largest absolute Gasteiger partial charge is 0.563 e. The highest BCUT2D eigenvalue weighted by Gasteiger charge is 2.36. The van der Waals surface area contributed by atoms with Gasteiger partial charge in [-0.25, -0.2) is 0 Å². The minimum atomic E-state index is -2.49. The van der Waals surface area contributed by atoms with E-state index in [2.05, 4.69) is 6.92 Å². The predicted molar refractivity (Wildman–Crippen MR) is 63.5 cm³/mol. The molecule has 0 aromatic rings. The standard InChI is InChI=1S/C9H20O3SSi/c1-5-8-9(13)12-14(4,10-6-2)11-7-3/h5-8H2,1-4H3. The number of thiocarbonyl (C=S) groups is 1. The molecule has 0 radical (unpaired) electrons. The SMILES string of the molecule is CCCC(=S)O[Si](C)(OCC)OCC. The average molecular weight is 236 g/mol. The molecule has 0 rings (SSSR count). The van der Waals surface area contributed by atoms with Crippen LogP contribution in [0, 0.1) is 0 Å². The molecule has 0 aromatic heterocycles. The van der Waals surface area contributed by atoms with Crippen LogP contribution in [-0.4, -0.2) is 27.1 Å². The van der Waals surface area contributed by atoms with Crippen molar-refractivity contribution in [1.82, 2.24) is 0 Å². The Kier molecular flexibility index (Phi) is 7.35. The van der Waals surface area contributed by atoms with Crippen LogP contribution in [0.1, 0.15) is 33.6 Å². The van der Waals surface area contributed by atoms with Crippen molar-refractivity contribution in [3.63, 3.8) is 0 Å². The van der Waals surface area contributed by atoms with Crippen molar-refractivity contribution in [1.29, 1.82) is 0 Å². The first kappa shape index (κ1) is 14.0. The third-order valence-corrected chi connectivity index (χ3v) is 4.25. The van der Waals surface area contributed by atoms with Crippen LogP contribution in [0.25, 0.3) is 0 Å². The minimum absolute atomic E-state index is 0.595. The van der Waals surface area contributed by atoms with E-state index in [1.165, 1.54) is 0 Å². The molecule has 0 N–H and O–H groups in total. The molecule has 5 heteroatoms. The van der Waals surface area contributed by atoms with Crippen molar-refractivity contribution in [2.45, 2.75) is 40.2 Å². The molecule has 3 nitrogen and oxygen atoms in total. The van der Waals surface area contributed by atoms with Gasteiger partial charge in [0.1, 0.15) is 5.05 Å². The lowest BCUT2D eigenvalue weighted by Gasteiger charge is -2.25. The summed E-state index contributed by atoms with van der Waals surface area (Å²) in [7, 11) is -2.49. The topological polar surface area (TPSA) is 27.7 Å². The van der Waals surface area contributed by atoms with Gasteiger partial charge in [-0.15, -0.1) is 0 Å². The molecule has 0 unspecified atom stereocenters. The molecule has 0 heterocycles. The van der Waals surface area contributed by atoms with Gasteiger partial charge in [-0.05, 0) is 32.5 Å². The summed E-state index contributed by atoms with van der Waals surface area (Å²) in [5.41, 5.74) is 0. The van der Waals surface area contributed by atoms with Gasteiger partial charge in [-0.2, -0.15) is 0 Å². The van der Waals surface area contributed by atoms with E-state index < -0.39 is 8.80 Å². The van der Waals surface area contributed by atoms with Gasteiger partial charge >= 0.3 is 8.80 Å². The van der Waals surface area contributed by atoms with Crippen LogP contribution in [0.4, 0.5) is 0 Å². The Morgan fingerprint density at radius 3 is 2.00 bits per heavy atom. The molecule has 0 aliphatic rings. The van der Waals surface area contributed by atoms with Gasteiger partial charge in [0, 0.05) is 26.2 Å². The number of hydrogen-bond acceptors (Lipinski definition) is 4. The van der Waals surface area contributed by atoms with E-state index in [9.17, 15) is 0 Å². The Labute approximate surface area is 93.1 Å². The summed E-state index contributed by atoms with van der Waals surface area (Å²) < 4.78 is 16.6. The molecule has 0 atom stereocenters. The van der Waals surface area contributed by atoms with E-state index in [4.69, 9.17) is 25.5 Å². The highest BCUT2D eigenvalue weighted by Crippen LogP contribution is 2.11. The van der Waals surface area contributed by atoms with Crippen LogP contribution in [0.3, 0.4) is 0 Å². The van der Waals surface area contributed by atoms with Crippen molar-refractivity contribution in [2.24, 2.45) is 0 Å². The second kappa shape index (κ2) is 7.34. The Hall–Kier alpha value is 0.0269. The van der Waals surface area contributed by atoms with Crippen molar-refractivity contribution in [3.8, 4) is 0 Å². The van der Waals surface area contributed by atoms with Gasteiger partial charge < -0.3 is 13.3 Å². The van der Waals surface area contributed by atoms with Crippen molar-refractivity contribution >= 4 is 26.1 Å². The zero-order valence-electron chi connectivity index (χ0n) is 9.46. The molecule has 0 saturated carbocycles. The van der Waals surface area contributed by atoms with E-state index in [0.29, 0.717) is 18.3 Å². The zero-order chi connectivity index (χ0) is 11.0. The zero-order valence-corrected chi connectivity index (χ0v) is 11.3. The Morgan fingerprint density at radius 2 is 1.64 bits per heavy atom. The number of hydrogen-bond donors (Lipinski definition) is 0. The van der Waals surface area contributed by atoms with Crippen LogP contribution in [-0.2, 0) is 13.3 Å². The highest BCUT2D eigenvalue weighted by atomic mass is 32.1. The predicted octanol–water partition coefficient (Wildman–Crippen LogP) is 2.77. The average Bonchev–Trinajstić information content (AvgIpc) is 2.04. The van der Waals surface area contributed by atoms with E-state index in [1.54, 1.807) is 0 Å². The summed E-state index contributed by atoms with van der Waals surface area (Å²) in [6.07, 6.45) is 1.78. The number of rotatable bonds is 7. The van der Waals surface area contributed by atoms with Crippen LogP contribution >= 0.6 is 12.2 Å². The monoisotopic (exact) mass is 236 g/mol. The molecule has 0 aliphatic heterocycles. The molecule has 0 bridgehead atoms. The van der Waals surface area contributed by atoms with Crippen molar-refractivity contribution in [2.75, 3.05) is 13.2 Å². The molecule has 0 aromatic carbocycles. The molecule has 0 amide bonds. The van der Waals surface area contributed by atoms with Gasteiger partial charge in [0.25, 0.3) is 0 Å². The maximum absolute atomic E-state index is 5.59. The van der Waals surface area contributed by atoms with Crippen molar-refractivity contribution in [3.05, 3.63) is 0 Å². The first-order chi connectivity index (χ1) is 6.58. The van der Waals surface area contributed by atoms with Gasteiger partial charge in [0.05, 0.1) is 0 Å². The van der Waals surface area contributed by atoms with Gasteiger partial charge in [0.2, 0.25) is 0 Å². The minimum Gasteiger partial charge on any atom is -0.495 e. The summed E-state index contributed by atoms with van der Waals surface area (Å²) in [5.74, 6) is 0. The first-order valence-corrected chi connectivity index (χ1v) is 7.71. The Morgan fingerprint density at radius 1 is 1.14 bits per heavy atom. The third kappa shape index (κ3) is 5.69. The molecular weight excluding hydrogens is 216 g/mol. The molecule has 0 fully saturated rings. The Bertz CT molecular complexity index is 169. The molecule has 14 heavy (non-hydrogen) atoms. The lowest BCUT2D eigenvalue weighted by atomic mass is 10.4. The van der Waals surface area contributed by atoms with Gasteiger partial charge in [-0.3, -0.25) is 0 Å². The summed E-state index contributed by atoms with van der Waals surface area (Å²) >= 11 is 5.08. The van der Waals surface area contributed by atoms with Crippen LogP contribution in [0.2, 0.25) is 6.55 Å². The lowest BCUT2D eigenvalue weighted by molar-refractivity contribution is 0.120. The first-order valence-electron chi connectivity index (χ1n) is 5.07. The third-order valence-electron chi connectivity index (χ3n) is 1.57. The maximum atomic E-state index is 5.59. The summed E-state index contributed by atoms with van der Waals surface area (Å²) in [6.45, 7) is 8.99. The van der Waals surface area contributed by atoms with E-state index >= 15 is 0 Å². The highest BCUT2D eigenvalue weighted by molar-refractivity contribution is 7.80. The maximum Gasteiger partial charge on any atom is 0.563 e. The van der Waals surface area contributed by atoms with Crippen LogP contribution < -0.4 is 0 Å². The smallest absolute Gasteiger partial charge is 0.495 e. The second-order valence-electron chi connectivity index (χ2n) is 2.95. The van der Waals surface area contributed by atoms with Crippen molar-refractivity contribution < 1.29 is 13.3 Å². The van der Waals surface area contributed by atoms with E-state index in [1.807, 2.05) is 20.4 Å². The van der Waals surface area contributed by atoms with Crippen LogP contribution in [0.5, 0.6) is 0 Å². The normalized spacial score (nSPS) is 11.4.